The van der Waals surface area contributed by atoms with Crippen LogP contribution in [0.4, 0.5) is 0 Å². The maximum Gasteiger partial charge on any atom is 0.338 e. The summed E-state index contributed by atoms with van der Waals surface area (Å²) in [5.74, 6) is -0.629. The normalized spacial score (nSPS) is 11.4. The van der Waals surface area contributed by atoms with E-state index in [2.05, 4.69) is 5.32 Å². The molecule has 1 atom stereocenters. The van der Waals surface area contributed by atoms with Gasteiger partial charge in [-0.1, -0.05) is 66.7 Å². The minimum atomic E-state index is -0.573. The number of ether oxygens (including phenoxy) is 1. The third kappa shape index (κ3) is 4.57. The van der Waals surface area contributed by atoms with Gasteiger partial charge in [-0.05, 0) is 29.8 Å². The second-order valence-corrected chi connectivity index (χ2v) is 5.75. The Morgan fingerprint density at radius 1 is 0.731 bits per heavy atom. The highest BCUT2D eigenvalue weighted by molar-refractivity contribution is 5.94. The molecular weight excluding hydrogens is 326 g/mol. The quantitative estimate of drug-likeness (QED) is 0.687. The van der Waals surface area contributed by atoms with Crippen LogP contribution in [-0.2, 0) is 4.74 Å². The van der Waals surface area contributed by atoms with Crippen molar-refractivity contribution in [3.05, 3.63) is 108 Å². The Hall–Kier alpha value is -3.40. The highest BCUT2D eigenvalue weighted by atomic mass is 16.5. The first-order valence-corrected chi connectivity index (χ1v) is 8.38. The minimum absolute atomic E-state index is 0.191. The maximum atomic E-state index is 12.4. The molecule has 3 rings (SSSR count). The smallest absolute Gasteiger partial charge is 0.338 e. The fourth-order valence-electron chi connectivity index (χ4n) is 2.54. The van der Waals surface area contributed by atoms with E-state index in [-0.39, 0.29) is 12.5 Å². The van der Waals surface area contributed by atoms with Crippen LogP contribution in [0.2, 0.25) is 0 Å². The number of hydrogen-bond donors (Lipinski definition) is 1. The zero-order chi connectivity index (χ0) is 18.2. The molecule has 0 saturated heterocycles. The maximum absolute atomic E-state index is 12.4. The minimum Gasteiger partial charge on any atom is -0.452 e. The van der Waals surface area contributed by atoms with Crippen LogP contribution in [0, 0.1) is 0 Å². The average Bonchev–Trinajstić information content (AvgIpc) is 2.72. The molecule has 0 aliphatic heterocycles. The zero-order valence-electron chi connectivity index (χ0n) is 14.2. The monoisotopic (exact) mass is 345 g/mol. The van der Waals surface area contributed by atoms with Gasteiger partial charge in [0.1, 0.15) is 6.10 Å². The van der Waals surface area contributed by atoms with Crippen molar-refractivity contribution >= 4 is 11.9 Å². The van der Waals surface area contributed by atoms with Gasteiger partial charge < -0.3 is 10.1 Å². The summed E-state index contributed by atoms with van der Waals surface area (Å²) in [6, 6.07) is 27.1. The molecule has 130 valence electrons. The van der Waals surface area contributed by atoms with Crippen LogP contribution in [-0.4, -0.2) is 18.4 Å². The lowest BCUT2D eigenvalue weighted by Crippen LogP contribution is -2.30. The fourth-order valence-corrected chi connectivity index (χ4v) is 2.54. The molecule has 0 bridgehead atoms. The predicted octanol–water partition coefficient (Wildman–Crippen LogP) is 4.01. The Labute approximate surface area is 152 Å². The van der Waals surface area contributed by atoms with Gasteiger partial charge in [-0.15, -0.1) is 0 Å². The highest BCUT2D eigenvalue weighted by Crippen LogP contribution is 2.18. The summed E-state index contributed by atoms with van der Waals surface area (Å²) in [4.78, 5) is 24.7. The summed E-state index contributed by atoms with van der Waals surface area (Å²) in [5, 5.41) is 2.84. The molecule has 1 amide bonds. The Bertz CT molecular complexity index is 848. The molecule has 0 radical (unpaired) electrons. The first-order valence-electron chi connectivity index (χ1n) is 8.38. The molecule has 0 heterocycles. The first kappa shape index (κ1) is 17.4. The average molecular weight is 345 g/mol. The van der Waals surface area contributed by atoms with E-state index in [1.165, 1.54) is 0 Å². The molecule has 4 nitrogen and oxygen atoms in total. The van der Waals surface area contributed by atoms with E-state index in [1.54, 1.807) is 48.5 Å². The second-order valence-electron chi connectivity index (χ2n) is 5.75. The van der Waals surface area contributed by atoms with Crippen molar-refractivity contribution in [2.75, 3.05) is 6.54 Å². The molecule has 0 spiro atoms. The van der Waals surface area contributed by atoms with Crippen LogP contribution >= 0.6 is 0 Å². The molecule has 0 aromatic heterocycles. The van der Waals surface area contributed by atoms with Crippen molar-refractivity contribution < 1.29 is 14.3 Å². The number of benzene rings is 3. The largest absolute Gasteiger partial charge is 0.452 e. The number of carbonyl (C=O) groups is 2. The molecule has 0 aliphatic carbocycles. The lowest BCUT2D eigenvalue weighted by atomic mass is 10.1. The SMILES string of the molecule is O=C(NC[C@@H](OC(=O)c1ccccc1)c1ccccc1)c1ccccc1. The van der Waals surface area contributed by atoms with Gasteiger partial charge in [0.15, 0.2) is 0 Å². The van der Waals surface area contributed by atoms with Crippen LogP contribution < -0.4 is 5.32 Å². The zero-order valence-corrected chi connectivity index (χ0v) is 14.2. The van der Waals surface area contributed by atoms with Crippen molar-refractivity contribution in [1.29, 1.82) is 0 Å². The fraction of sp³-hybridized carbons (Fsp3) is 0.0909. The third-order valence-corrected chi connectivity index (χ3v) is 3.91. The number of amides is 1. The molecule has 3 aromatic carbocycles. The van der Waals surface area contributed by atoms with E-state index in [0.29, 0.717) is 11.1 Å². The number of rotatable bonds is 6. The Kier molecular flexibility index (Phi) is 5.78. The topological polar surface area (TPSA) is 55.4 Å². The van der Waals surface area contributed by atoms with Crippen LogP contribution in [0.5, 0.6) is 0 Å². The summed E-state index contributed by atoms with van der Waals surface area (Å²) >= 11 is 0. The second kappa shape index (κ2) is 8.62. The Morgan fingerprint density at radius 3 is 1.81 bits per heavy atom. The van der Waals surface area contributed by atoms with Crippen molar-refractivity contribution in [2.45, 2.75) is 6.10 Å². The highest BCUT2D eigenvalue weighted by Gasteiger charge is 2.19. The Morgan fingerprint density at radius 2 is 1.23 bits per heavy atom. The summed E-state index contributed by atoms with van der Waals surface area (Å²) in [6.07, 6.45) is -0.573. The van der Waals surface area contributed by atoms with E-state index >= 15 is 0 Å². The van der Waals surface area contributed by atoms with Crippen LogP contribution in [0.3, 0.4) is 0 Å². The molecule has 3 aromatic rings. The lowest BCUT2D eigenvalue weighted by Gasteiger charge is -2.19. The molecule has 0 saturated carbocycles. The van der Waals surface area contributed by atoms with E-state index in [0.717, 1.165) is 5.56 Å². The predicted molar refractivity (Wildman–Crippen MR) is 99.8 cm³/mol. The van der Waals surface area contributed by atoms with Gasteiger partial charge in [-0.25, -0.2) is 4.79 Å². The summed E-state index contributed by atoms with van der Waals surface area (Å²) in [7, 11) is 0. The molecule has 26 heavy (non-hydrogen) atoms. The van der Waals surface area contributed by atoms with Gasteiger partial charge in [-0.3, -0.25) is 4.79 Å². The molecular formula is C22H19NO3. The van der Waals surface area contributed by atoms with Gasteiger partial charge in [0.25, 0.3) is 5.91 Å². The van der Waals surface area contributed by atoms with Gasteiger partial charge in [0.2, 0.25) is 0 Å². The molecule has 0 unspecified atom stereocenters. The summed E-state index contributed by atoms with van der Waals surface area (Å²) in [6.45, 7) is 0.191. The first-order chi connectivity index (χ1) is 12.7. The van der Waals surface area contributed by atoms with Gasteiger partial charge in [0.05, 0.1) is 12.1 Å². The van der Waals surface area contributed by atoms with Crippen molar-refractivity contribution in [2.24, 2.45) is 0 Å². The number of carbonyl (C=O) groups excluding carboxylic acids is 2. The van der Waals surface area contributed by atoms with Crippen LogP contribution in [0.15, 0.2) is 91.0 Å². The van der Waals surface area contributed by atoms with E-state index in [4.69, 9.17) is 4.74 Å². The molecule has 0 fully saturated rings. The molecule has 1 N–H and O–H groups in total. The third-order valence-electron chi connectivity index (χ3n) is 3.91. The molecule has 4 heteroatoms. The number of esters is 1. The van der Waals surface area contributed by atoms with Crippen molar-refractivity contribution in [3.8, 4) is 0 Å². The van der Waals surface area contributed by atoms with E-state index in [1.807, 2.05) is 42.5 Å². The summed E-state index contributed by atoms with van der Waals surface area (Å²) in [5.41, 5.74) is 1.86. The van der Waals surface area contributed by atoms with Gasteiger partial charge in [-0.2, -0.15) is 0 Å². The van der Waals surface area contributed by atoms with Crippen LogP contribution in [0.1, 0.15) is 32.4 Å². The van der Waals surface area contributed by atoms with E-state index in [9.17, 15) is 9.59 Å². The lowest BCUT2D eigenvalue weighted by molar-refractivity contribution is 0.0293. The summed E-state index contributed by atoms with van der Waals surface area (Å²) < 4.78 is 5.66. The van der Waals surface area contributed by atoms with Crippen molar-refractivity contribution in [1.82, 2.24) is 5.32 Å². The molecule has 0 aliphatic rings. The standard InChI is InChI=1S/C22H19NO3/c24-21(18-12-6-2-7-13-18)23-16-20(17-10-4-1-5-11-17)26-22(25)19-14-8-3-9-15-19/h1-15,20H,16H2,(H,23,24)/t20-/m1/s1. The number of nitrogens with one attached hydrogen (secondary N) is 1. The van der Waals surface area contributed by atoms with Crippen molar-refractivity contribution in [3.63, 3.8) is 0 Å². The van der Waals surface area contributed by atoms with Crippen LogP contribution in [0.25, 0.3) is 0 Å². The van der Waals surface area contributed by atoms with E-state index < -0.39 is 12.1 Å². The number of hydrogen-bond acceptors (Lipinski definition) is 3. The van der Waals surface area contributed by atoms with Gasteiger partial charge >= 0.3 is 5.97 Å². The van der Waals surface area contributed by atoms with Gasteiger partial charge in [0, 0.05) is 5.56 Å². The Balaban J connectivity index is 1.72.